The molecule has 3 rings (SSSR count). The number of phenols is 1. The third-order valence-electron chi connectivity index (χ3n) is 3.88. The van der Waals surface area contributed by atoms with Crippen LogP contribution in [0.3, 0.4) is 0 Å². The molecule has 2 N–H and O–H groups in total. The lowest BCUT2D eigenvalue weighted by Gasteiger charge is -2.12. The van der Waals surface area contributed by atoms with E-state index in [1.165, 1.54) is 18.9 Å². The van der Waals surface area contributed by atoms with Gasteiger partial charge in [0.2, 0.25) is 9.84 Å². The molecule has 0 saturated heterocycles. The molecular formula is C14H17NO3S. The summed E-state index contributed by atoms with van der Waals surface area (Å²) in [5.41, 5.74) is 0.586. The van der Waals surface area contributed by atoms with E-state index in [9.17, 15) is 13.5 Å². The average Bonchev–Trinajstić information content (AvgIpc) is 2.94. The van der Waals surface area contributed by atoms with E-state index in [2.05, 4.69) is 5.32 Å². The molecule has 0 radical (unpaired) electrons. The van der Waals surface area contributed by atoms with Crippen molar-refractivity contribution in [1.29, 1.82) is 0 Å². The Hall–Kier alpha value is -1.33. The zero-order valence-electron chi connectivity index (χ0n) is 10.6. The Morgan fingerprint density at radius 3 is 2.68 bits per heavy atom. The number of aromatic hydroxyl groups is 1. The summed E-state index contributed by atoms with van der Waals surface area (Å²) in [5.74, 6) is -0.162. The fourth-order valence-electron chi connectivity index (χ4n) is 2.85. The lowest BCUT2D eigenvalue weighted by Crippen LogP contribution is -2.29. The Kier molecular flexibility index (Phi) is 3.11. The first-order chi connectivity index (χ1) is 9.09. The molecule has 0 unspecified atom stereocenters. The van der Waals surface area contributed by atoms with E-state index < -0.39 is 9.84 Å². The van der Waals surface area contributed by atoms with Gasteiger partial charge in [-0.1, -0.05) is 25.0 Å². The van der Waals surface area contributed by atoms with Gasteiger partial charge in [-0.15, -0.1) is 0 Å². The van der Waals surface area contributed by atoms with Gasteiger partial charge in [0.15, 0.2) is 0 Å². The smallest absolute Gasteiger partial charge is 0.208 e. The summed E-state index contributed by atoms with van der Waals surface area (Å²) < 4.78 is 24.7. The Bertz CT molecular complexity index is 628. The van der Waals surface area contributed by atoms with Crippen molar-refractivity contribution < 1.29 is 13.5 Å². The SMILES string of the molecule is O=S1(=O)C(CNC2CCCC2)=Cc2cccc(O)c21. The highest BCUT2D eigenvalue weighted by atomic mass is 32.2. The molecule has 1 aromatic carbocycles. The van der Waals surface area contributed by atoms with Crippen LogP contribution in [0.1, 0.15) is 31.2 Å². The van der Waals surface area contributed by atoms with Crippen LogP contribution in [0.15, 0.2) is 28.0 Å². The molecule has 0 spiro atoms. The summed E-state index contributed by atoms with van der Waals surface area (Å²) in [4.78, 5) is 0.411. The Balaban J connectivity index is 1.83. The van der Waals surface area contributed by atoms with Gasteiger partial charge in [-0.05, 0) is 30.5 Å². The van der Waals surface area contributed by atoms with Gasteiger partial charge in [0.05, 0.1) is 4.91 Å². The zero-order chi connectivity index (χ0) is 13.5. The number of benzene rings is 1. The van der Waals surface area contributed by atoms with Crippen LogP contribution in [0.5, 0.6) is 5.75 Å². The second-order valence-corrected chi connectivity index (χ2v) is 7.11. The van der Waals surface area contributed by atoms with Crippen LogP contribution in [0.25, 0.3) is 6.08 Å². The van der Waals surface area contributed by atoms with Gasteiger partial charge < -0.3 is 10.4 Å². The number of sulfone groups is 1. The quantitative estimate of drug-likeness (QED) is 0.888. The fourth-order valence-corrected chi connectivity index (χ4v) is 4.45. The second kappa shape index (κ2) is 4.65. The van der Waals surface area contributed by atoms with Crippen molar-refractivity contribution in [2.45, 2.75) is 36.6 Å². The number of hydrogen-bond acceptors (Lipinski definition) is 4. The minimum atomic E-state index is -3.52. The zero-order valence-corrected chi connectivity index (χ0v) is 11.4. The van der Waals surface area contributed by atoms with E-state index >= 15 is 0 Å². The van der Waals surface area contributed by atoms with Crippen molar-refractivity contribution in [3.05, 3.63) is 28.7 Å². The molecular weight excluding hydrogens is 262 g/mol. The van der Waals surface area contributed by atoms with Crippen LogP contribution < -0.4 is 5.32 Å². The average molecular weight is 279 g/mol. The van der Waals surface area contributed by atoms with Crippen LogP contribution >= 0.6 is 0 Å². The van der Waals surface area contributed by atoms with Crippen molar-refractivity contribution in [1.82, 2.24) is 5.32 Å². The van der Waals surface area contributed by atoms with Crippen LogP contribution in [0.4, 0.5) is 0 Å². The molecule has 1 saturated carbocycles. The van der Waals surface area contributed by atoms with Crippen LogP contribution in [0, 0.1) is 0 Å². The third-order valence-corrected chi connectivity index (χ3v) is 5.81. The van der Waals surface area contributed by atoms with Crippen LogP contribution in [-0.4, -0.2) is 26.1 Å². The van der Waals surface area contributed by atoms with E-state index in [4.69, 9.17) is 0 Å². The maximum Gasteiger partial charge on any atom is 0.208 e. The molecule has 1 aliphatic heterocycles. The normalized spacial score (nSPS) is 21.4. The van der Waals surface area contributed by atoms with Crippen molar-refractivity contribution in [2.75, 3.05) is 6.54 Å². The lowest BCUT2D eigenvalue weighted by atomic mass is 10.2. The topological polar surface area (TPSA) is 66.4 Å². The first kappa shape index (κ1) is 12.7. The summed E-state index contributed by atoms with van der Waals surface area (Å²) in [6.45, 7) is 0.348. The molecule has 102 valence electrons. The predicted octanol–water partition coefficient (Wildman–Crippen LogP) is 2.05. The third kappa shape index (κ3) is 2.17. The van der Waals surface area contributed by atoms with Gasteiger partial charge in [-0.3, -0.25) is 0 Å². The van der Waals surface area contributed by atoms with Gasteiger partial charge in [-0.2, -0.15) is 0 Å². The molecule has 1 aromatic rings. The molecule has 0 atom stereocenters. The van der Waals surface area contributed by atoms with Crippen molar-refractivity contribution >= 4 is 15.9 Å². The maximum atomic E-state index is 12.3. The summed E-state index contributed by atoms with van der Waals surface area (Å²) in [5, 5.41) is 13.0. The van der Waals surface area contributed by atoms with Crippen LogP contribution in [0.2, 0.25) is 0 Å². The highest BCUT2D eigenvalue weighted by Gasteiger charge is 2.32. The van der Waals surface area contributed by atoms with Gasteiger partial charge in [0, 0.05) is 12.6 Å². The number of nitrogens with one attached hydrogen (secondary N) is 1. The molecule has 1 heterocycles. The van der Waals surface area contributed by atoms with Gasteiger partial charge in [0.25, 0.3) is 0 Å². The molecule has 4 nitrogen and oxygen atoms in total. The Labute approximate surface area is 113 Å². The molecule has 1 fully saturated rings. The Morgan fingerprint density at radius 2 is 2.00 bits per heavy atom. The molecule has 5 heteroatoms. The summed E-state index contributed by atoms with van der Waals surface area (Å²) in [6, 6.07) is 5.22. The summed E-state index contributed by atoms with van der Waals surface area (Å²) in [7, 11) is -3.52. The van der Waals surface area contributed by atoms with Crippen molar-refractivity contribution in [3.8, 4) is 5.75 Å². The standard InChI is InChI=1S/C14H17NO3S/c16-13-7-3-4-10-8-12(19(17,18)14(10)13)9-15-11-5-1-2-6-11/h3-4,7-8,11,15-16H,1-2,5-6,9H2. The highest BCUT2D eigenvalue weighted by Crippen LogP contribution is 2.38. The van der Waals surface area contributed by atoms with E-state index in [0.29, 0.717) is 23.1 Å². The molecule has 0 aromatic heterocycles. The highest BCUT2D eigenvalue weighted by molar-refractivity contribution is 7.96. The summed E-state index contributed by atoms with van der Waals surface area (Å²) >= 11 is 0. The molecule has 0 amide bonds. The van der Waals surface area contributed by atoms with Gasteiger partial charge in [0.1, 0.15) is 10.6 Å². The van der Waals surface area contributed by atoms with Gasteiger partial charge in [-0.25, -0.2) is 8.42 Å². The number of hydrogen-bond donors (Lipinski definition) is 2. The van der Waals surface area contributed by atoms with Crippen molar-refractivity contribution in [2.24, 2.45) is 0 Å². The summed E-state index contributed by atoms with van der Waals surface area (Å²) in [6.07, 6.45) is 6.32. The maximum absolute atomic E-state index is 12.3. The van der Waals surface area contributed by atoms with Crippen molar-refractivity contribution in [3.63, 3.8) is 0 Å². The molecule has 19 heavy (non-hydrogen) atoms. The van der Waals surface area contributed by atoms with E-state index in [0.717, 1.165) is 12.8 Å². The minimum absolute atomic E-state index is 0.0539. The predicted molar refractivity (Wildman–Crippen MR) is 73.5 cm³/mol. The van der Waals surface area contributed by atoms with Gasteiger partial charge >= 0.3 is 0 Å². The van der Waals surface area contributed by atoms with Crippen LogP contribution in [-0.2, 0) is 9.84 Å². The van der Waals surface area contributed by atoms with E-state index in [1.807, 2.05) is 0 Å². The fraction of sp³-hybridized carbons (Fsp3) is 0.429. The molecule has 1 aliphatic carbocycles. The lowest BCUT2D eigenvalue weighted by molar-refractivity contribution is 0.459. The number of rotatable bonds is 3. The monoisotopic (exact) mass is 279 g/mol. The van der Waals surface area contributed by atoms with E-state index in [-0.39, 0.29) is 10.6 Å². The minimum Gasteiger partial charge on any atom is -0.507 e. The number of fused-ring (bicyclic) bond motifs is 1. The first-order valence-electron chi connectivity index (χ1n) is 6.60. The second-order valence-electron chi connectivity index (χ2n) is 5.17. The molecule has 0 bridgehead atoms. The molecule has 2 aliphatic rings. The van der Waals surface area contributed by atoms with E-state index in [1.54, 1.807) is 18.2 Å². The Morgan fingerprint density at radius 1 is 1.26 bits per heavy atom. The largest absolute Gasteiger partial charge is 0.507 e. The number of phenolic OH excluding ortho intramolecular Hbond substituents is 1. The first-order valence-corrected chi connectivity index (χ1v) is 8.08.